The Bertz CT molecular complexity index is 710. The van der Waals surface area contributed by atoms with Crippen LogP contribution in [0.25, 0.3) is 0 Å². The fourth-order valence-electron chi connectivity index (χ4n) is 2.94. The van der Waals surface area contributed by atoms with Crippen molar-refractivity contribution >= 4 is 6.03 Å². The van der Waals surface area contributed by atoms with Crippen molar-refractivity contribution in [1.82, 2.24) is 20.2 Å². The molecule has 0 radical (unpaired) electrons. The van der Waals surface area contributed by atoms with Gasteiger partial charge in [-0.25, -0.2) is 9.78 Å². The summed E-state index contributed by atoms with van der Waals surface area (Å²) in [6.45, 7) is 2.09. The Morgan fingerprint density at radius 2 is 2.40 bits per heavy atom. The highest BCUT2D eigenvalue weighted by atomic mass is 16.5. The van der Waals surface area contributed by atoms with Crippen molar-refractivity contribution in [2.75, 3.05) is 26.9 Å². The summed E-state index contributed by atoms with van der Waals surface area (Å²) in [5, 5.41) is 5.96. The minimum absolute atomic E-state index is 0.220. The van der Waals surface area contributed by atoms with Gasteiger partial charge in [0, 0.05) is 38.5 Å². The van der Waals surface area contributed by atoms with Crippen molar-refractivity contribution in [1.29, 1.82) is 0 Å². The van der Waals surface area contributed by atoms with Gasteiger partial charge in [-0.05, 0) is 24.1 Å². The van der Waals surface area contributed by atoms with Crippen molar-refractivity contribution in [3.63, 3.8) is 0 Å². The first-order chi connectivity index (χ1) is 12.2. The van der Waals surface area contributed by atoms with Crippen LogP contribution >= 0.6 is 0 Å². The molecule has 1 aliphatic heterocycles. The first-order valence-corrected chi connectivity index (χ1v) is 8.40. The minimum atomic E-state index is -0.366. The zero-order chi connectivity index (χ0) is 17.6. The third-order valence-corrected chi connectivity index (χ3v) is 4.39. The van der Waals surface area contributed by atoms with Crippen molar-refractivity contribution < 1.29 is 14.3 Å². The molecule has 0 spiro atoms. The van der Waals surface area contributed by atoms with Gasteiger partial charge in [0.1, 0.15) is 17.6 Å². The number of carbonyl (C=O) groups is 1. The fourth-order valence-corrected chi connectivity index (χ4v) is 2.94. The predicted octanol–water partition coefficient (Wildman–Crippen LogP) is 1.85. The van der Waals surface area contributed by atoms with Crippen molar-refractivity contribution in [3.8, 4) is 5.75 Å². The maximum atomic E-state index is 12.4. The molecule has 0 bridgehead atoms. The van der Waals surface area contributed by atoms with Crippen LogP contribution in [-0.4, -0.2) is 42.5 Å². The van der Waals surface area contributed by atoms with Gasteiger partial charge in [0.25, 0.3) is 0 Å². The zero-order valence-corrected chi connectivity index (χ0v) is 14.6. The molecule has 1 aromatic heterocycles. The number of benzene rings is 1. The van der Waals surface area contributed by atoms with Gasteiger partial charge < -0.3 is 24.7 Å². The summed E-state index contributed by atoms with van der Waals surface area (Å²) < 4.78 is 12.5. The summed E-state index contributed by atoms with van der Waals surface area (Å²) >= 11 is 0. The van der Waals surface area contributed by atoms with Crippen LogP contribution < -0.4 is 15.4 Å². The van der Waals surface area contributed by atoms with Crippen LogP contribution in [0.3, 0.4) is 0 Å². The number of aryl methyl sites for hydroxylation is 1. The third kappa shape index (κ3) is 4.30. The predicted molar refractivity (Wildman–Crippen MR) is 93.5 cm³/mol. The number of aromatic nitrogens is 2. The molecule has 0 saturated carbocycles. The van der Waals surface area contributed by atoms with E-state index in [0.29, 0.717) is 19.1 Å². The molecule has 134 valence electrons. The van der Waals surface area contributed by atoms with Gasteiger partial charge in [-0.3, -0.25) is 0 Å². The van der Waals surface area contributed by atoms with Gasteiger partial charge in [0.15, 0.2) is 0 Å². The molecule has 3 rings (SSSR count). The number of hydrogen-bond donors (Lipinski definition) is 2. The van der Waals surface area contributed by atoms with Gasteiger partial charge in [-0.2, -0.15) is 0 Å². The summed E-state index contributed by atoms with van der Waals surface area (Å²) in [5.74, 6) is 1.88. The highest BCUT2D eigenvalue weighted by molar-refractivity contribution is 5.74. The van der Waals surface area contributed by atoms with E-state index in [-0.39, 0.29) is 12.1 Å². The maximum Gasteiger partial charge on any atom is 0.315 e. The fraction of sp³-hybridized carbons (Fsp3) is 0.444. The lowest BCUT2D eigenvalue weighted by Gasteiger charge is -2.20. The number of carbonyl (C=O) groups excluding carboxylic acids is 1. The third-order valence-electron chi connectivity index (χ3n) is 4.39. The summed E-state index contributed by atoms with van der Waals surface area (Å²) in [4.78, 5) is 16.8. The second-order valence-electron chi connectivity index (χ2n) is 6.19. The Hall–Kier alpha value is -2.54. The summed E-state index contributed by atoms with van der Waals surface area (Å²) in [6.07, 6.45) is 4.56. The Morgan fingerprint density at radius 1 is 1.52 bits per heavy atom. The van der Waals surface area contributed by atoms with Crippen LogP contribution in [0.15, 0.2) is 36.7 Å². The average Bonchev–Trinajstić information content (AvgIpc) is 3.29. The van der Waals surface area contributed by atoms with Gasteiger partial charge in [-0.15, -0.1) is 0 Å². The zero-order valence-electron chi connectivity index (χ0n) is 14.6. The first-order valence-electron chi connectivity index (χ1n) is 8.40. The molecule has 2 amide bonds. The van der Waals surface area contributed by atoms with Crippen LogP contribution in [0.1, 0.15) is 23.9 Å². The van der Waals surface area contributed by atoms with Crippen molar-refractivity contribution in [2.24, 2.45) is 13.0 Å². The minimum Gasteiger partial charge on any atom is -0.497 e. The number of rotatable bonds is 6. The van der Waals surface area contributed by atoms with Gasteiger partial charge in [0.05, 0.1) is 13.7 Å². The molecule has 1 saturated heterocycles. The number of hydrogen-bond acceptors (Lipinski definition) is 4. The number of nitrogens with one attached hydrogen (secondary N) is 2. The number of methoxy groups -OCH3 is 1. The SMILES string of the molecule is COc1cccc([C@H](NC(=O)NC[C@H]2CCOC2)c2nccn2C)c1. The molecule has 2 atom stereocenters. The first kappa shape index (κ1) is 17.3. The van der Waals surface area contributed by atoms with E-state index in [1.165, 1.54) is 0 Å². The molecule has 2 heterocycles. The van der Waals surface area contributed by atoms with Crippen molar-refractivity contribution in [2.45, 2.75) is 12.5 Å². The summed E-state index contributed by atoms with van der Waals surface area (Å²) in [6, 6.07) is 7.05. The maximum absolute atomic E-state index is 12.4. The number of nitrogens with zero attached hydrogens (tertiary/aromatic N) is 2. The molecule has 7 nitrogen and oxygen atoms in total. The molecule has 1 aromatic carbocycles. The molecule has 1 aliphatic rings. The van der Waals surface area contributed by atoms with Crippen LogP contribution in [-0.2, 0) is 11.8 Å². The number of ether oxygens (including phenoxy) is 2. The van der Waals surface area contributed by atoms with E-state index in [9.17, 15) is 4.79 Å². The lowest BCUT2D eigenvalue weighted by molar-refractivity contribution is 0.185. The topological polar surface area (TPSA) is 77.4 Å². The Labute approximate surface area is 147 Å². The van der Waals surface area contributed by atoms with Crippen molar-refractivity contribution in [3.05, 3.63) is 48.0 Å². The normalized spacial score (nSPS) is 17.9. The lowest BCUT2D eigenvalue weighted by atomic mass is 10.1. The van der Waals surface area contributed by atoms with E-state index in [1.807, 2.05) is 42.1 Å². The Balaban J connectivity index is 1.74. The lowest BCUT2D eigenvalue weighted by Crippen LogP contribution is -2.41. The van der Waals surface area contributed by atoms with E-state index >= 15 is 0 Å². The number of urea groups is 1. The number of imidazole rings is 1. The molecule has 7 heteroatoms. The van der Waals surface area contributed by atoms with E-state index in [4.69, 9.17) is 9.47 Å². The molecule has 0 aliphatic carbocycles. The van der Waals surface area contributed by atoms with Crippen LogP contribution in [0, 0.1) is 5.92 Å². The van der Waals surface area contributed by atoms with Crippen LogP contribution in [0.5, 0.6) is 5.75 Å². The second kappa shape index (κ2) is 8.02. The van der Waals surface area contributed by atoms with E-state index < -0.39 is 0 Å². The van der Waals surface area contributed by atoms with E-state index in [1.54, 1.807) is 13.3 Å². The molecule has 2 aromatic rings. The molecular formula is C18H24N4O3. The molecular weight excluding hydrogens is 320 g/mol. The van der Waals surface area contributed by atoms with Crippen LogP contribution in [0.2, 0.25) is 0 Å². The summed E-state index contributed by atoms with van der Waals surface area (Å²) in [5.41, 5.74) is 0.910. The van der Waals surface area contributed by atoms with Gasteiger partial charge >= 0.3 is 6.03 Å². The summed E-state index contributed by atoms with van der Waals surface area (Å²) in [7, 11) is 3.53. The average molecular weight is 344 g/mol. The van der Waals surface area contributed by atoms with E-state index in [0.717, 1.165) is 30.2 Å². The number of amides is 2. The van der Waals surface area contributed by atoms with Crippen LogP contribution in [0.4, 0.5) is 4.79 Å². The van der Waals surface area contributed by atoms with E-state index in [2.05, 4.69) is 15.6 Å². The molecule has 2 N–H and O–H groups in total. The Kier molecular flexibility index (Phi) is 5.55. The van der Waals surface area contributed by atoms with Gasteiger partial charge in [0.2, 0.25) is 0 Å². The molecule has 1 fully saturated rings. The highest BCUT2D eigenvalue weighted by Gasteiger charge is 2.22. The smallest absolute Gasteiger partial charge is 0.315 e. The largest absolute Gasteiger partial charge is 0.497 e. The molecule has 25 heavy (non-hydrogen) atoms. The standard InChI is InChI=1S/C18H24N4O3/c1-22-8-7-19-17(22)16(14-4-3-5-15(10-14)24-2)21-18(23)20-11-13-6-9-25-12-13/h3-5,7-8,10,13,16H,6,9,11-12H2,1-2H3,(H2,20,21,23)/t13-,16+/m1/s1. The monoisotopic (exact) mass is 344 g/mol. The second-order valence-corrected chi connectivity index (χ2v) is 6.19. The Morgan fingerprint density at radius 3 is 3.08 bits per heavy atom. The quantitative estimate of drug-likeness (QED) is 0.838. The molecule has 0 unspecified atom stereocenters. The van der Waals surface area contributed by atoms with Gasteiger partial charge in [-0.1, -0.05) is 12.1 Å². The highest BCUT2D eigenvalue weighted by Crippen LogP contribution is 2.24.